The van der Waals surface area contributed by atoms with Crippen LogP contribution in [0.3, 0.4) is 0 Å². The Bertz CT molecular complexity index is 609. The number of hydrogen-bond acceptors (Lipinski definition) is 2. The highest BCUT2D eigenvalue weighted by Gasteiger charge is 2.05. The molecule has 0 amide bonds. The van der Waals surface area contributed by atoms with Gasteiger partial charge in [-0.15, -0.1) is 0 Å². The lowest BCUT2D eigenvalue weighted by molar-refractivity contribution is -0.139. The van der Waals surface area contributed by atoms with Crippen LogP contribution in [0, 0.1) is 0 Å². The molecular weight excluding hydrogens is 560 g/mol. The quantitative estimate of drug-likeness (QED) is 0.0377. The lowest BCUT2D eigenvalue weighted by Crippen LogP contribution is -2.07. The van der Waals surface area contributed by atoms with E-state index < -0.39 is 0 Å². The number of allylic oxidation sites excluding steroid dienone is 1. The highest BCUT2D eigenvalue weighted by Crippen LogP contribution is 2.16. The summed E-state index contributed by atoms with van der Waals surface area (Å²) in [7, 11) is 0. The summed E-state index contributed by atoms with van der Waals surface area (Å²) in [6.45, 7) is 7.10. The Kier molecular flexibility index (Phi) is 39.7. The number of rotatable bonds is 39. The summed E-state index contributed by atoms with van der Waals surface area (Å²) in [5.41, 5.74) is 0.800. The van der Waals surface area contributed by atoms with Crippen LogP contribution in [0.1, 0.15) is 258 Å². The van der Waals surface area contributed by atoms with E-state index in [1.165, 1.54) is 225 Å². The van der Waals surface area contributed by atoms with Gasteiger partial charge in [-0.25, -0.2) is 4.79 Å². The topological polar surface area (TPSA) is 26.3 Å². The van der Waals surface area contributed by atoms with Crippen molar-refractivity contribution in [1.29, 1.82) is 0 Å². The van der Waals surface area contributed by atoms with Crippen molar-refractivity contribution in [2.45, 2.75) is 258 Å². The predicted octanol–water partition coefficient (Wildman–Crippen LogP) is 15.9. The molecule has 0 rings (SSSR count). The minimum Gasteiger partial charge on any atom is -0.462 e. The molecule has 0 radical (unpaired) electrons. The summed E-state index contributed by atoms with van der Waals surface area (Å²) in [4.78, 5) is 12.3. The molecule has 2 nitrogen and oxygen atoms in total. The normalized spacial score (nSPS) is 11.8. The largest absolute Gasteiger partial charge is 0.462 e. The molecule has 0 aromatic heterocycles. The average molecular weight is 647 g/mol. The van der Waals surface area contributed by atoms with Crippen LogP contribution in [0.5, 0.6) is 0 Å². The van der Waals surface area contributed by atoms with Gasteiger partial charge >= 0.3 is 5.97 Å². The van der Waals surface area contributed by atoms with Gasteiger partial charge < -0.3 is 4.74 Å². The Morgan fingerprint density at radius 1 is 0.370 bits per heavy atom. The molecule has 0 heterocycles. The van der Waals surface area contributed by atoms with E-state index in [4.69, 9.17) is 4.74 Å². The van der Waals surface area contributed by atoms with Crippen LogP contribution in [0.2, 0.25) is 0 Å². The highest BCUT2D eigenvalue weighted by molar-refractivity contribution is 5.87. The zero-order valence-corrected chi connectivity index (χ0v) is 32.3. The lowest BCUT2D eigenvalue weighted by atomic mass is 10.0. The molecule has 0 aromatic rings. The van der Waals surface area contributed by atoms with E-state index in [1.807, 2.05) is 6.92 Å². The van der Waals surface area contributed by atoms with Gasteiger partial charge in [-0.1, -0.05) is 238 Å². The first-order chi connectivity index (χ1) is 22.7. The Labute approximate surface area is 291 Å². The Balaban J connectivity index is 3.31. The van der Waals surface area contributed by atoms with Crippen molar-refractivity contribution >= 4 is 5.97 Å². The van der Waals surface area contributed by atoms with Crippen molar-refractivity contribution < 1.29 is 9.53 Å². The SMILES string of the molecule is CCCCCCCCCCCCCCCCCC/C=C(\C)C(=O)OCCCCCCCCCCCCCCCCCCCCCC. The van der Waals surface area contributed by atoms with Crippen molar-refractivity contribution in [3.8, 4) is 0 Å². The number of unbranched alkanes of at least 4 members (excludes halogenated alkanes) is 35. The van der Waals surface area contributed by atoms with Crippen molar-refractivity contribution in [3.05, 3.63) is 11.6 Å². The maximum Gasteiger partial charge on any atom is 0.333 e. The van der Waals surface area contributed by atoms with E-state index in [1.54, 1.807) is 0 Å². The van der Waals surface area contributed by atoms with Gasteiger partial charge in [-0.2, -0.15) is 0 Å². The monoisotopic (exact) mass is 647 g/mol. The van der Waals surface area contributed by atoms with E-state index in [2.05, 4.69) is 19.9 Å². The third kappa shape index (κ3) is 37.7. The van der Waals surface area contributed by atoms with Crippen LogP contribution < -0.4 is 0 Å². The number of ether oxygens (including phenoxy) is 1. The third-order valence-corrected chi connectivity index (χ3v) is 10.1. The Morgan fingerprint density at radius 3 is 0.891 bits per heavy atom. The molecule has 46 heavy (non-hydrogen) atoms. The number of hydrogen-bond donors (Lipinski definition) is 0. The molecule has 0 unspecified atom stereocenters. The first kappa shape index (κ1) is 45.2. The third-order valence-electron chi connectivity index (χ3n) is 10.1. The second-order valence-electron chi connectivity index (χ2n) is 14.8. The molecule has 0 atom stereocenters. The molecular formula is C44H86O2. The fourth-order valence-corrected chi connectivity index (χ4v) is 6.73. The van der Waals surface area contributed by atoms with E-state index in [9.17, 15) is 4.79 Å². The van der Waals surface area contributed by atoms with Crippen LogP contribution in [-0.2, 0) is 9.53 Å². The number of carbonyl (C=O) groups excluding carboxylic acids is 1. The van der Waals surface area contributed by atoms with Crippen LogP contribution in [0.15, 0.2) is 11.6 Å². The molecule has 274 valence electrons. The average Bonchev–Trinajstić information content (AvgIpc) is 3.06. The van der Waals surface area contributed by atoms with Gasteiger partial charge in [0.25, 0.3) is 0 Å². The van der Waals surface area contributed by atoms with E-state index in [-0.39, 0.29) is 5.97 Å². The molecule has 0 saturated heterocycles. The predicted molar refractivity (Wildman–Crippen MR) is 207 cm³/mol. The number of carbonyl (C=O) groups is 1. The second kappa shape index (κ2) is 40.4. The van der Waals surface area contributed by atoms with Crippen molar-refractivity contribution in [2.75, 3.05) is 6.61 Å². The summed E-state index contributed by atoms with van der Waals surface area (Å²) in [5.74, 6) is -0.103. The maximum atomic E-state index is 12.3. The van der Waals surface area contributed by atoms with Gasteiger partial charge in [-0.3, -0.25) is 0 Å². The Hall–Kier alpha value is -0.790. The van der Waals surface area contributed by atoms with E-state index >= 15 is 0 Å². The minimum atomic E-state index is -0.103. The molecule has 0 fully saturated rings. The summed E-state index contributed by atoms with van der Waals surface area (Å²) in [6.07, 6.45) is 53.3. The standard InChI is InChI=1S/C44H86O2/c1-4-6-8-10-12-14-16-18-20-22-23-24-26-28-30-32-34-36-38-40-42-46-44(45)43(3)41-39-37-35-33-31-29-27-25-21-19-17-15-13-11-9-7-5-2/h41H,4-40,42H2,1-3H3/b43-41+. The molecule has 0 aromatic carbocycles. The molecule has 0 aliphatic rings. The first-order valence-electron chi connectivity index (χ1n) is 21.6. The molecule has 2 heteroatoms. The van der Waals surface area contributed by atoms with Gasteiger partial charge in [0.2, 0.25) is 0 Å². The van der Waals surface area contributed by atoms with Gasteiger partial charge in [0.15, 0.2) is 0 Å². The van der Waals surface area contributed by atoms with E-state index in [0.29, 0.717) is 6.61 Å². The zero-order valence-electron chi connectivity index (χ0n) is 32.3. The van der Waals surface area contributed by atoms with Crippen molar-refractivity contribution in [2.24, 2.45) is 0 Å². The summed E-state index contributed by atoms with van der Waals surface area (Å²) < 4.78 is 5.52. The fraction of sp³-hybridized carbons (Fsp3) is 0.932. The number of esters is 1. The van der Waals surface area contributed by atoms with Crippen LogP contribution in [0.4, 0.5) is 0 Å². The molecule has 0 aliphatic heterocycles. The Morgan fingerprint density at radius 2 is 0.609 bits per heavy atom. The zero-order chi connectivity index (χ0) is 33.4. The highest BCUT2D eigenvalue weighted by atomic mass is 16.5. The van der Waals surface area contributed by atoms with Crippen LogP contribution in [-0.4, -0.2) is 12.6 Å². The molecule has 0 bridgehead atoms. The summed E-state index contributed by atoms with van der Waals surface area (Å²) >= 11 is 0. The summed E-state index contributed by atoms with van der Waals surface area (Å²) in [6, 6.07) is 0. The summed E-state index contributed by atoms with van der Waals surface area (Å²) in [5, 5.41) is 0. The minimum absolute atomic E-state index is 0.103. The van der Waals surface area contributed by atoms with Crippen molar-refractivity contribution in [1.82, 2.24) is 0 Å². The van der Waals surface area contributed by atoms with Gasteiger partial charge in [0, 0.05) is 5.57 Å². The molecule has 0 N–H and O–H groups in total. The smallest absolute Gasteiger partial charge is 0.333 e. The van der Waals surface area contributed by atoms with E-state index in [0.717, 1.165) is 18.4 Å². The second-order valence-corrected chi connectivity index (χ2v) is 14.8. The van der Waals surface area contributed by atoms with Gasteiger partial charge in [0.05, 0.1) is 6.61 Å². The first-order valence-corrected chi connectivity index (χ1v) is 21.6. The maximum absolute atomic E-state index is 12.3. The van der Waals surface area contributed by atoms with Crippen molar-refractivity contribution in [3.63, 3.8) is 0 Å². The van der Waals surface area contributed by atoms with Crippen LogP contribution >= 0.6 is 0 Å². The molecule has 0 aliphatic carbocycles. The molecule has 0 saturated carbocycles. The molecule has 0 spiro atoms. The lowest BCUT2D eigenvalue weighted by Gasteiger charge is -2.06. The van der Waals surface area contributed by atoms with Crippen LogP contribution in [0.25, 0.3) is 0 Å². The van der Waals surface area contributed by atoms with Gasteiger partial charge in [-0.05, 0) is 26.2 Å². The van der Waals surface area contributed by atoms with Gasteiger partial charge in [0.1, 0.15) is 0 Å². The fourth-order valence-electron chi connectivity index (χ4n) is 6.73.